The lowest BCUT2D eigenvalue weighted by Crippen LogP contribution is -2.55. The molecule has 2 unspecified atom stereocenters. The zero-order chi connectivity index (χ0) is 28.9. The van der Waals surface area contributed by atoms with Gasteiger partial charge in [0.15, 0.2) is 0 Å². The van der Waals surface area contributed by atoms with Crippen LogP contribution in [0.25, 0.3) is 0 Å². The van der Waals surface area contributed by atoms with E-state index in [-0.39, 0.29) is 23.8 Å². The van der Waals surface area contributed by atoms with Crippen molar-refractivity contribution in [3.8, 4) is 0 Å². The Morgan fingerprint density at radius 3 is 1.95 bits per heavy atom. The molecule has 0 bridgehead atoms. The predicted molar refractivity (Wildman–Crippen MR) is 155 cm³/mol. The van der Waals surface area contributed by atoms with Gasteiger partial charge in [0.2, 0.25) is 11.8 Å². The third-order valence-electron chi connectivity index (χ3n) is 6.34. The van der Waals surface area contributed by atoms with E-state index in [0.717, 1.165) is 43.2 Å². The summed E-state index contributed by atoms with van der Waals surface area (Å²) in [6.45, 7) is 17.7. The predicted octanol–water partition coefficient (Wildman–Crippen LogP) is 6.55. The number of aryl methyl sites for hydroxylation is 1. The second-order valence-corrected chi connectivity index (χ2v) is 11.8. The van der Waals surface area contributed by atoms with Crippen LogP contribution in [-0.4, -0.2) is 47.0 Å². The SMILES string of the molecule is CCCCCCCCN(C(=O)C(NC(=O)OC(C)(C)C)C(C)C)C(C(=O)NC(C)C)c1ccc(CC)cc1. The van der Waals surface area contributed by atoms with E-state index in [0.29, 0.717) is 6.54 Å². The van der Waals surface area contributed by atoms with Gasteiger partial charge in [0, 0.05) is 12.6 Å². The highest BCUT2D eigenvalue weighted by molar-refractivity contribution is 5.92. The Morgan fingerprint density at radius 1 is 0.868 bits per heavy atom. The third-order valence-corrected chi connectivity index (χ3v) is 6.34. The Balaban J connectivity index is 3.40. The van der Waals surface area contributed by atoms with Gasteiger partial charge in [-0.05, 0) is 64.5 Å². The van der Waals surface area contributed by atoms with Gasteiger partial charge in [-0.2, -0.15) is 0 Å². The molecule has 1 aromatic carbocycles. The summed E-state index contributed by atoms with van der Waals surface area (Å²) in [5, 5.41) is 5.81. The van der Waals surface area contributed by atoms with Crippen molar-refractivity contribution < 1.29 is 19.1 Å². The summed E-state index contributed by atoms with van der Waals surface area (Å²) in [7, 11) is 0. The number of carbonyl (C=O) groups excluding carboxylic acids is 3. The van der Waals surface area contributed by atoms with Crippen LogP contribution < -0.4 is 10.6 Å². The van der Waals surface area contributed by atoms with Crippen molar-refractivity contribution in [3.63, 3.8) is 0 Å². The Labute approximate surface area is 231 Å². The van der Waals surface area contributed by atoms with Gasteiger partial charge >= 0.3 is 6.09 Å². The lowest BCUT2D eigenvalue weighted by Gasteiger charge is -2.36. The molecule has 0 heterocycles. The number of amides is 3. The Kier molecular flexibility index (Phi) is 14.4. The van der Waals surface area contributed by atoms with Gasteiger partial charge in [-0.15, -0.1) is 0 Å². The smallest absolute Gasteiger partial charge is 0.408 e. The molecule has 0 aliphatic carbocycles. The number of alkyl carbamates (subject to hydrolysis) is 1. The van der Waals surface area contributed by atoms with Crippen molar-refractivity contribution in [1.82, 2.24) is 15.5 Å². The van der Waals surface area contributed by atoms with E-state index < -0.39 is 23.8 Å². The number of rotatable bonds is 15. The van der Waals surface area contributed by atoms with E-state index in [1.54, 1.807) is 25.7 Å². The molecule has 0 saturated carbocycles. The van der Waals surface area contributed by atoms with E-state index in [9.17, 15) is 14.4 Å². The van der Waals surface area contributed by atoms with Crippen molar-refractivity contribution in [1.29, 1.82) is 0 Å². The normalized spacial score (nSPS) is 13.2. The average Bonchev–Trinajstić information content (AvgIpc) is 2.82. The van der Waals surface area contributed by atoms with E-state index in [1.807, 2.05) is 52.0 Å². The molecule has 7 heteroatoms. The monoisotopic (exact) mass is 531 g/mol. The lowest BCUT2D eigenvalue weighted by atomic mass is 9.97. The van der Waals surface area contributed by atoms with Crippen molar-refractivity contribution in [2.75, 3.05) is 6.54 Å². The van der Waals surface area contributed by atoms with Crippen molar-refractivity contribution in [2.45, 2.75) is 131 Å². The van der Waals surface area contributed by atoms with Crippen molar-refractivity contribution >= 4 is 17.9 Å². The van der Waals surface area contributed by atoms with Gasteiger partial charge in [0.1, 0.15) is 17.7 Å². The molecule has 1 rings (SSSR count). The number of unbranched alkanes of at least 4 members (excludes halogenated alkanes) is 5. The Bertz CT molecular complexity index is 859. The molecule has 0 aromatic heterocycles. The second-order valence-electron chi connectivity index (χ2n) is 11.8. The minimum atomic E-state index is -0.825. The summed E-state index contributed by atoms with van der Waals surface area (Å²) < 4.78 is 5.45. The molecule has 0 fully saturated rings. The van der Waals surface area contributed by atoms with Crippen LogP contribution in [0, 0.1) is 5.92 Å². The number of nitrogens with one attached hydrogen (secondary N) is 2. The fourth-order valence-electron chi connectivity index (χ4n) is 4.33. The first-order valence-electron chi connectivity index (χ1n) is 14.5. The molecular weight excluding hydrogens is 478 g/mol. The first kappa shape index (κ1) is 33.5. The highest BCUT2D eigenvalue weighted by atomic mass is 16.6. The van der Waals surface area contributed by atoms with Crippen LogP contribution in [0.15, 0.2) is 24.3 Å². The lowest BCUT2D eigenvalue weighted by molar-refractivity contribution is -0.143. The Hall–Kier alpha value is -2.57. The highest BCUT2D eigenvalue weighted by Gasteiger charge is 2.37. The van der Waals surface area contributed by atoms with Crippen LogP contribution in [0.5, 0.6) is 0 Å². The van der Waals surface area contributed by atoms with Crippen molar-refractivity contribution in [2.24, 2.45) is 5.92 Å². The zero-order valence-electron chi connectivity index (χ0n) is 25.4. The van der Waals surface area contributed by atoms with Gasteiger partial charge in [-0.1, -0.05) is 84.1 Å². The quantitative estimate of drug-likeness (QED) is 0.251. The fourth-order valence-corrected chi connectivity index (χ4v) is 4.33. The molecule has 38 heavy (non-hydrogen) atoms. The molecule has 0 aliphatic rings. The van der Waals surface area contributed by atoms with Crippen molar-refractivity contribution in [3.05, 3.63) is 35.4 Å². The van der Waals surface area contributed by atoms with Crippen LogP contribution in [0.4, 0.5) is 4.79 Å². The average molecular weight is 532 g/mol. The minimum absolute atomic E-state index is 0.0771. The maximum absolute atomic E-state index is 14.2. The van der Waals surface area contributed by atoms with Gasteiger partial charge in [0.25, 0.3) is 0 Å². The number of carbonyl (C=O) groups is 3. The van der Waals surface area contributed by atoms with Crippen LogP contribution >= 0.6 is 0 Å². The summed E-state index contributed by atoms with van der Waals surface area (Å²) in [5.41, 5.74) is 1.24. The molecule has 1 aromatic rings. The molecule has 0 spiro atoms. The first-order valence-corrected chi connectivity index (χ1v) is 14.5. The van der Waals surface area contributed by atoms with Crippen LogP contribution in [0.3, 0.4) is 0 Å². The molecule has 2 N–H and O–H groups in total. The van der Waals surface area contributed by atoms with Gasteiger partial charge in [0.05, 0.1) is 0 Å². The van der Waals surface area contributed by atoms with E-state index in [2.05, 4.69) is 24.5 Å². The van der Waals surface area contributed by atoms with Crippen LogP contribution in [-0.2, 0) is 20.7 Å². The number of nitrogens with zero attached hydrogens (tertiary/aromatic N) is 1. The van der Waals surface area contributed by atoms with E-state index in [1.165, 1.54) is 12.8 Å². The molecular formula is C31H53N3O4. The summed E-state index contributed by atoms with van der Waals surface area (Å²) in [6.07, 6.45) is 6.62. The molecule has 2 atom stereocenters. The number of hydrogen-bond acceptors (Lipinski definition) is 4. The summed E-state index contributed by atoms with van der Waals surface area (Å²) in [5.74, 6) is -0.690. The van der Waals surface area contributed by atoms with Gasteiger partial charge in [-0.3, -0.25) is 9.59 Å². The van der Waals surface area contributed by atoms with E-state index in [4.69, 9.17) is 4.74 Å². The fraction of sp³-hybridized carbons (Fsp3) is 0.710. The standard InChI is InChI=1S/C31H53N3O4/c1-10-12-13-14-15-16-21-34(29(36)26(22(3)4)33-30(37)38-31(7,8)9)27(28(35)32-23(5)6)25-19-17-24(11-2)18-20-25/h17-20,22-23,26-27H,10-16,21H2,1-9H3,(H,32,35)(H,33,37). The van der Waals surface area contributed by atoms with Crippen LogP contribution in [0.1, 0.15) is 118 Å². The summed E-state index contributed by atoms with van der Waals surface area (Å²) in [4.78, 5) is 42.1. The topological polar surface area (TPSA) is 87.7 Å². The highest BCUT2D eigenvalue weighted by Crippen LogP contribution is 2.26. The molecule has 3 amide bonds. The summed E-state index contributed by atoms with van der Waals surface area (Å²) >= 11 is 0. The largest absolute Gasteiger partial charge is 0.444 e. The molecule has 7 nitrogen and oxygen atoms in total. The molecule has 216 valence electrons. The number of ether oxygens (including phenoxy) is 1. The zero-order valence-corrected chi connectivity index (χ0v) is 25.4. The molecule has 0 aliphatic heterocycles. The Morgan fingerprint density at radius 2 is 1.45 bits per heavy atom. The van der Waals surface area contributed by atoms with E-state index >= 15 is 0 Å². The number of benzene rings is 1. The van der Waals surface area contributed by atoms with Gasteiger partial charge in [-0.25, -0.2) is 4.79 Å². The minimum Gasteiger partial charge on any atom is -0.444 e. The van der Waals surface area contributed by atoms with Crippen LogP contribution in [0.2, 0.25) is 0 Å². The molecule has 0 saturated heterocycles. The molecule has 0 radical (unpaired) electrons. The van der Waals surface area contributed by atoms with Gasteiger partial charge < -0.3 is 20.3 Å². The maximum Gasteiger partial charge on any atom is 0.408 e. The second kappa shape index (κ2) is 16.4. The summed E-state index contributed by atoms with van der Waals surface area (Å²) in [6, 6.07) is 6.20. The number of hydrogen-bond donors (Lipinski definition) is 2. The first-order chi connectivity index (χ1) is 17.8. The maximum atomic E-state index is 14.2. The third kappa shape index (κ3) is 11.9.